The van der Waals surface area contributed by atoms with Crippen LogP contribution in [0.4, 0.5) is 4.79 Å². The minimum absolute atomic E-state index is 0.0188. The zero-order valence-electron chi connectivity index (χ0n) is 13.6. The van der Waals surface area contributed by atoms with Crippen molar-refractivity contribution in [2.75, 3.05) is 18.6 Å². The van der Waals surface area contributed by atoms with E-state index in [0.29, 0.717) is 5.92 Å². The zero-order valence-corrected chi connectivity index (χ0v) is 14.4. The highest BCUT2D eigenvalue weighted by Gasteiger charge is 2.26. The molecule has 1 fully saturated rings. The molecule has 0 aliphatic heterocycles. The summed E-state index contributed by atoms with van der Waals surface area (Å²) in [5.74, 6) is 0.395. The topological polar surface area (TPSA) is 75.3 Å². The molecule has 0 saturated heterocycles. The SMILES string of the molecule is CS(=O)(=O)CCNC(=O)N[C@H](c1ccccc1)C1CCCCC1. The first-order valence-electron chi connectivity index (χ1n) is 8.23. The number of rotatable bonds is 6. The maximum atomic E-state index is 12.1. The number of benzene rings is 1. The minimum Gasteiger partial charge on any atom is -0.337 e. The third-order valence-electron chi connectivity index (χ3n) is 4.32. The number of carbonyl (C=O) groups is 1. The Morgan fingerprint density at radius 3 is 2.43 bits per heavy atom. The largest absolute Gasteiger partial charge is 0.337 e. The van der Waals surface area contributed by atoms with Crippen molar-refractivity contribution in [2.24, 2.45) is 5.92 Å². The van der Waals surface area contributed by atoms with Gasteiger partial charge < -0.3 is 10.6 Å². The summed E-state index contributed by atoms with van der Waals surface area (Å²) in [6.45, 7) is 0.136. The van der Waals surface area contributed by atoms with Crippen molar-refractivity contribution >= 4 is 15.9 Å². The van der Waals surface area contributed by atoms with Crippen LogP contribution in [0, 0.1) is 5.92 Å². The molecule has 0 radical (unpaired) electrons. The molecule has 1 aromatic carbocycles. The van der Waals surface area contributed by atoms with Gasteiger partial charge in [-0.25, -0.2) is 13.2 Å². The Hall–Kier alpha value is -1.56. The van der Waals surface area contributed by atoms with E-state index in [9.17, 15) is 13.2 Å². The van der Waals surface area contributed by atoms with E-state index in [0.717, 1.165) is 18.4 Å². The maximum absolute atomic E-state index is 12.1. The highest BCUT2D eigenvalue weighted by atomic mass is 32.2. The van der Waals surface area contributed by atoms with Crippen LogP contribution in [0.25, 0.3) is 0 Å². The molecule has 0 aromatic heterocycles. The van der Waals surface area contributed by atoms with Gasteiger partial charge in [-0.1, -0.05) is 49.6 Å². The van der Waals surface area contributed by atoms with Gasteiger partial charge in [-0.05, 0) is 24.3 Å². The van der Waals surface area contributed by atoms with Gasteiger partial charge in [-0.2, -0.15) is 0 Å². The second kappa shape index (κ2) is 8.34. The van der Waals surface area contributed by atoms with Crippen molar-refractivity contribution in [3.63, 3.8) is 0 Å². The fourth-order valence-electron chi connectivity index (χ4n) is 3.14. The summed E-state index contributed by atoms with van der Waals surface area (Å²) in [5, 5.41) is 5.69. The van der Waals surface area contributed by atoms with E-state index >= 15 is 0 Å². The first-order valence-corrected chi connectivity index (χ1v) is 10.3. The molecule has 2 N–H and O–H groups in total. The smallest absolute Gasteiger partial charge is 0.315 e. The van der Waals surface area contributed by atoms with Crippen molar-refractivity contribution < 1.29 is 13.2 Å². The number of carbonyl (C=O) groups excluding carboxylic acids is 1. The van der Waals surface area contributed by atoms with Gasteiger partial charge in [0.15, 0.2) is 0 Å². The van der Waals surface area contributed by atoms with Crippen LogP contribution < -0.4 is 10.6 Å². The lowest BCUT2D eigenvalue weighted by atomic mass is 9.81. The summed E-state index contributed by atoms with van der Waals surface area (Å²) in [4.78, 5) is 12.1. The molecule has 1 atom stereocenters. The van der Waals surface area contributed by atoms with Crippen LogP contribution in [-0.2, 0) is 9.84 Å². The minimum atomic E-state index is -3.06. The number of urea groups is 1. The predicted molar refractivity (Wildman–Crippen MR) is 92.0 cm³/mol. The maximum Gasteiger partial charge on any atom is 0.315 e. The first kappa shape index (κ1) is 17.8. The molecule has 0 unspecified atom stereocenters. The molecule has 6 heteroatoms. The summed E-state index contributed by atoms with van der Waals surface area (Å²) in [5.41, 5.74) is 1.11. The third-order valence-corrected chi connectivity index (χ3v) is 5.27. The monoisotopic (exact) mass is 338 g/mol. The van der Waals surface area contributed by atoms with Crippen LogP contribution in [0.15, 0.2) is 30.3 Å². The predicted octanol–water partition coefficient (Wildman–Crippen LogP) is 2.65. The van der Waals surface area contributed by atoms with Gasteiger partial charge in [0.25, 0.3) is 0 Å². The lowest BCUT2D eigenvalue weighted by Gasteiger charge is -2.31. The van der Waals surface area contributed by atoms with Crippen molar-refractivity contribution in [1.82, 2.24) is 10.6 Å². The number of hydrogen-bond acceptors (Lipinski definition) is 3. The molecule has 1 saturated carbocycles. The molecule has 2 amide bonds. The second-order valence-electron chi connectivity index (χ2n) is 6.32. The van der Waals surface area contributed by atoms with E-state index in [4.69, 9.17) is 0 Å². The molecule has 23 heavy (non-hydrogen) atoms. The van der Waals surface area contributed by atoms with Gasteiger partial charge >= 0.3 is 6.03 Å². The van der Waals surface area contributed by atoms with Crippen molar-refractivity contribution in [3.8, 4) is 0 Å². The van der Waals surface area contributed by atoms with Crippen molar-refractivity contribution in [2.45, 2.75) is 38.1 Å². The molecule has 1 aromatic rings. The fourth-order valence-corrected chi connectivity index (χ4v) is 3.62. The number of hydrogen-bond donors (Lipinski definition) is 2. The van der Waals surface area contributed by atoms with Crippen molar-refractivity contribution in [3.05, 3.63) is 35.9 Å². The summed E-state index contributed by atoms with van der Waals surface area (Å²) >= 11 is 0. The Morgan fingerprint density at radius 2 is 1.83 bits per heavy atom. The van der Waals surface area contributed by atoms with E-state index in [1.165, 1.54) is 25.5 Å². The molecule has 1 aliphatic rings. The van der Waals surface area contributed by atoms with Gasteiger partial charge in [0.05, 0.1) is 11.8 Å². The average Bonchev–Trinajstić information content (AvgIpc) is 2.53. The lowest BCUT2D eigenvalue weighted by Crippen LogP contribution is -2.42. The molecular formula is C17H26N2O3S. The van der Waals surface area contributed by atoms with Crippen LogP contribution in [0.3, 0.4) is 0 Å². The molecule has 128 valence electrons. The highest BCUT2D eigenvalue weighted by Crippen LogP contribution is 2.34. The van der Waals surface area contributed by atoms with E-state index in [-0.39, 0.29) is 24.4 Å². The van der Waals surface area contributed by atoms with Crippen LogP contribution in [-0.4, -0.2) is 33.0 Å². The Morgan fingerprint density at radius 1 is 1.17 bits per heavy atom. The van der Waals surface area contributed by atoms with Gasteiger partial charge in [-0.15, -0.1) is 0 Å². The highest BCUT2D eigenvalue weighted by molar-refractivity contribution is 7.90. The zero-order chi connectivity index (χ0) is 16.7. The Balaban J connectivity index is 1.98. The summed E-state index contributed by atoms with van der Waals surface area (Å²) in [6, 6.07) is 9.69. The average molecular weight is 338 g/mol. The standard InChI is InChI=1S/C17H26N2O3S/c1-23(21,22)13-12-18-17(20)19-16(14-8-4-2-5-9-14)15-10-6-3-7-11-15/h2,4-5,8-9,15-16H,3,6-7,10-13H2,1H3,(H2,18,19,20)/t16-/m1/s1. The fraction of sp³-hybridized carbons (Fsp3) is 0.588. The molecule has 0 spiro atoms. The summed E-state index contributed by atoms with van der Waals surface area (Å²) in [7, 11) is -3.06. The van der Waals surface area contributed by atoms with E-state index in [1.807, 2.05) is 30.3 Å². The molecule has 0 heterocycles. The van der Waals surface area contributed by atoms with Gasteiger partial charge in [-0.3, -0.25) is 0 Å². The summed E-state index contributed by atoms with van der Waals surface area (Å²) in [6.07, 6.45) is 7.06. The Bertz CT molecular complexity index is 596. The molecule has 1 aliphatic carbocycles. The van der Waals surface area contributed by atoms with Crippen molar-refractivity contribution in [1.29, 1.82) is 0 Å². The molecule has 5 nitrogen and oxygen atoms in total. The van der Waals surface area contributed by atoms with Crippen LogP contribution in [0.5, 0.6) is 0 Å². The van der Waals surface area contributed by atoms with Crippen LogP contribution >= 0.6 is 0 Å². The quantitative estimate of drug-likeness (QED) is 0.837. The summed E-state index contributed by atoms with van der Waals surface area (Å²) < 4.78 is 22.3. The number of nitrogens with one attached hydrogen (secondary N) is 2. The Labute approximate surface area is 138 Å². The van der Waals surface area contributed by atoms with Crippen LogP contribution in [0.1, 0.15) is 43.7 Å². The van der Waals surface area contributed by atoms with E-state index in [1.54, 1.807) is 0 Å². The van der Waals surface area contributed by atoms with Gasteiger partial charge in [0, 0.05) is 12.8 Å². The molecule has 0 bridgehead atoms. The number of sulfone groups is 1. The number of amides is 2. The van der Waals surface area contributed by atoms with Gasteiger partial charge in [0.1, 0.15) is 9.84 Å². The Kier molecular flexibility index (Phi) is 6.45. The first-order chi connectivity index (χ1) is 11.0. The van der Waals surface area contributed by atoms with E-state index < -0.39 is 9.84 Å². The van der Waals surface area contributed by atoms with Gasteiger partial charge in [0.2, 0.25) is 0 Å². The van der Waals surface area contributed by atoms with E-state index in [2.05, 4.69) is 10.6 Å². The lowest BCUT2D eigenvalue weighted by molar-refractivity contribution is 0.222. The third kappa shape index (κ3) is 6.22. The normalized spacial score (nSPS) is 17.4. The molecular weight excluding hydrogens is 312 g/mol. The second-order valence-corrected chi connectivity index (χ2v) is 8.58. The molecule has 2 rings (SSSR count). The van der Waals surface area contributed by atoms with Crippen LogP contribution in [0.2, 0.25) is 0 Å².